The maximum atomic E-state index is 13.2. The number of morpholine rings is 1. The summed E-state index contributed by atoms with van der Waals surface area (Å²) in [6.45, 7) is 3.59. The number of ketones is 1. The number of methoxy groups -OCH3 is 1. The second-order valence-electron chi connectivity index (χ2n) is 8.16. The number of rotatable bonds is 9. The molecule has 1 aromatic heterocycles. The van der Waals surface area contributed by atoms with Crippen LogP contribution in [0.1, 0.15) is 26.4 Å². The van der Waals surface area contributed by atoms with E-state index in [1.807, 2.05) is 35.0 Å². The van der Waals surface area contributed by atoms with Gasteiger partial charge in [-0.05, 0) is 12.1 Å². The Morgan fingerprint density at radius 1 is 1.03 bits per heavy atom. The monoisotopic (exact) mass is 475 g/mol. The maximum Gasteiger partial charge on any atom is 0.274 e. The largest absolute Gasteiger partial charge is 0.383 e. The first-order valence-corrected chi connectivity index (χ1v) is 11.5. The minimum absolute atomic E-state index is 0.111. The number of hydrogen-bond donors (Lipinski definition) is 1. The summed E-state index contributed by atoms with van der Waals surface area (Å²) < 4.78 is 10.6. The van der Waals surface area contributed by atoms with E-state index in [4.69, 9.17) is 9.47 Å². The lowest BCUT2D eigenvalue weighted by Gasteiger charge is -2.28. The molecule has 1 fully saturated rings. The van der Waals surface area contributed by atoms with Crippen molar-refractivity contribution in [3.8, 4) is 0 Å². The number of nitrogens with one attached hydrogen (secondary N) is 1. The van der Waals surface area contributed by atoms with E-state index in [1.54, 1.807) is 49.6 Å². The molecular weight excluding hydrogens is 446 g/mol. The third kappa shape index (κ3) is 6.20. The number of hydrogen-bond acceptors (Lipinski definition) is 8. The molecule has 0 aliphatic carbocycles. The van der Waals surface area contributed by atoms with Crippen LogP contribution in [0.5, 0.6) is 0 Å². The van der Waals surface area contributed by atoms with Crippen LogP contribution in [0.15, 0.2) is 60.7 Å². The maximum absolute atomic E-state index is 13.2. The van der Waals surface area contributed by atoms with Crippen LogP contribution in [0.25, 0.3) is 0 Å². The second kappa shape index (κ2) is 11.5. The second-order valence-corrected chi connectivity index (χ2v) is 8.16. The van der Waals surface area contributed by atoms with Crippen LogP contribution in [-0.4, -0.2) is 75.3 Å². The van der Waals surface area contributed by atoms with Crippen LogP contribution < -0.4 is 15.1 Å². The molecule has 1 aliphatic rings. The minimum atomic E-state index is -0.382. The first-order chi connectivity index (χ1) is 17.0. The number of likely N-dealkylation sites (N-methyl/N-ethyl adjacent to an activating group) is 1. The third-order valence-corrected chi connectivity index (χ3v) is 5.67. The predicted molar refractivity (Wildman–Crippen MR) is 134 cm³/mol. The number of nitrogens with zero attached hydrogens (tertiary/aromatic N) is 4. The summed E-state index contributed by atoms with van der Waals surface area (Å²) in [5.41, 5.74) is 1.83. The molecule has 0 saturated carbocycles. The molecule has 3 aromatic rings. The summed E-state index contributed by atoms with van der Waals surface area (Å²) in [6, 6.07) is 17.6. The van der Waals surface area contributed by atoms with Gasteiger partial charge in [-0.2, -0.15) is 4.98 Å². The number of ether oxygens (including phenoxy) is 2. The van der Waals surface area contributed by atoms with Crippen LogP contribution in [-0.2, 0) is 9.47 Å². The Balaban J connectivity index is 1.58. The number of aromatic nitrogens is 2. The Bertz CT molecular complexity index is 1170. The molecule has 1 N–H and O–H groups in total. The lowest BCUT2D eigenvalue weighted by molar-refractivity contribution is 0.101. The summed E-state index contributed by atoms with van der Waals surface area (Å²) in [5.74, 6) is 0.609. The molecule has 0 atom stereocenters. The highest BCUT2D eigenvalue weighted by Gasteiger charge is 2.20. The van der Waals surface area contributed by atoms with Crippen LogP contribution in [0, 0.1) is 0 Å². The molecule has 0 spiro atoms. The topological polar surface area (TPSA) is 96.9 Å². The van der Waals surface area contributed by atoms with Crippen molar-refractivity contribution in [2.45, 2.75) is 0 Å². The Morgan fingerprint density at radius 3 is 2.51 bits per heavy atom. The zero-order chi connectivity index (χ0) is 24.6. The smallest absolute Gasteiger partial charge is 0.274 e. The van der Waals surface area contributed by atoms with Gasteiger partial charge in [0.25, 0.3) is 5.91 Å². The molecule has 0 bridgehead atoms. The first kappa shape index (κ1) is 24.3. The Kier molecular flexibility index (Phi) is 8.02. The van der Waals surface area contributed by atoms with Gasteiger partial charge < -0.3 is 24.6 Å². The van der Waals surface area contributed by atoms with Gasteiger partial charge in [-0.3, -0.25) is 9.59 Å². The molecule has 0 radical (unpaired) electrons. The zero-order valence-electron chi connectivity index (χ0n) is 19.9. The first-order valence-electron chi connectivity index (χ1n) is 11.5. The van der Waals surface area contributed by atoms with Gasteiger partial charge in [0, 0.05) is 56.7 Å². The fourth-order valence-corrected chi connectivity index (χ4v) is 3.67. The van der Waals surface area contributed by atoms with Gasteiger partial charge in [-0.15, -0.1) is 0 Å². The van der Waals surface area contributed by atoms with E-state index in [1.165, 1.54) is 0 Å². The van der Waals surface area contributed by atoms with Crippen molar-refractivity contribution in [3.63, 3.8) is 0 Å². The number of carbonyl (C=O) groups is 2. The van der Waals surface area contributed by atoms with Gasteiger partial charge in [-0.1, -0.05) is 42.5 Å². The van der Waals surface area contributed by atoms with E-state index < -0.39 is 0 Å². The molecule has 2 heterocycles. The van der Waals surface area contributed by atoms with Crippen molar-refractivity contribution >= 4 is 29.1 Å². The summed E-state index contributed by atoms with van der Waals surface area (Å²) >= 11 is 0. The lowest BCUT2D eigenvalue weighted by Crippen LogP contribution is -2.38. The molecule has 2 aromatic carbocycles. The van der Waals surface area contributed by atoms with Gasteiger partial charge >= 0.3 is 0 Å². The fraction of sp³-hybridized carbons (Fsp3) is 0.308. The highest BCUT2D eigenvalue weighted by molar-refractivity contribution is 6.10. The molecule has 4 rings (SSSR count). The molecule has 182 valence electrons. The van der Waals surface area contributed by atoms with Gasteiger partial charge in [0.05, 0.1) is 19.8 Å². The molecule has 1 saturated heterocycles. The summed E-state index contributed by atoms with van der Waals surface area (Å²) in [5, 5.41) is 2.88. The van der Waals surface area contributed by atoms with Crippen LogP contribution in [0.3, 0.4) is 0 Å². The standard InChI is InChI=1S/C26H29N5O4/c1-30(11-14-34-2)23-18-22(28-26(29-23)31-12-15-35-16-13-31)25(33)27-21-10-6-9-20(17-21)24(32)19-7-4-3-5-8-19/h3-10,17-18H,11-16H2,1-2H3,(H,27,33). The molecule has 35 heavy (non-hydrogen) atoms. The average Bonchev–Trinajstić information content (AvgIpc) is 2.92. The van der Waals surface area contributed by atoms with Gasteiger partial charge in [0.1, 0.15) is 11.5 Å². The van der Waals surface area contributed by atoms with E-state index in [0.29, 0.717) is 68.0 Å². The lowest BCUT2D eigenvalue weighted by atomic mass is 10.0. The molecule has 1 amide bonds. The zero-order valence-corrected chi connectivity index (χ0v) is 19.9. The Morgan fingerprint density at radius 2 is 1.77 bits per heavy atom. The van der Waals surface area contributed by atoms with E-state index >= 15 is 0 Å². The Labute approximate surface area is 204 Å². The number of anilines is 3. The van der Waals surface area contributed by atoms with Gasteiger partial charge in [0.15, 0.2) is 5.78 Å². The molecule has 0 unspecified atom stereocenters. The number of benzene rings is 2. The van der Waals surface area contributed by atoms with E-state index in [-0.39, 0.29) is 17.4 Å². The van der Waals surface area contributed by atoms with Gasteiger partial charge in [-0.25, -0.2) is 4.98 Å². The summed E-state index contributed by atoms with van der Waals surface area (Å²) in [7, 11) is 3.54. The summed E-state index contributed by atoms with van der Waals surface area (Å²) in [6.07, 6.45) is 0. The highest BCUT2D eigenvalue weighted by atomic mass is 16.5. The fourth-order valence-electron chi connectivity index (χ4n) is 3.67. The summed E-state index contributed by atoms with van der Waals surface area (Å²) in [4.78, 5) is 39.2. The highest BCUT2D eigenvalue weighted by Crippen LogP contribution is 2.20. The predicted octanol–water partition coefficient (Wildman–Crippen LogP) is 2.88. The Hall–Kier alpha value is -3.82. The van der Waals surface area contributed by atoms with Crippen molar-refractivity contribution < 1.29 is 19.1 Å². The minimum Gasteiger partial charge on any atom is -0.383 e. The molecule has 9 heteroatoms. The van der Waals surface area contributed by atoms with Gasteiger partial charge in [0.2, 0.25) is 5.95 Å². The third-order valence-electron chi connectivity index (χ3n) is 5.67. The van der Waals surface area contributed by atoms with Crippen molar-refractivity contribution in [1.29, 1.82) is 0 Å². The molecule has 1 aliphatic heterocycles. The molecular formula is C26H29N5O4. The van der Waals surface area contributed by atoms with E-state index in [2.05, 4.69) is 15.3 Å². The van der Waals surface area contributed by atoms with Crippen molar-refractivity contribution in [2.75, 3.05) is 68.7 Å². The SMILES string of the molecule is COCCN(C)c1cc(C(=O)Nc2cccc(C(=O)c3ccccc3)c2)nc(N2CCOCC2)n1. The normalized spacial score (nSPS) is 13.4. The quantitative estimate of drug-likeness (QED) is 0.472. The van der Waals surface area contributed by atoms with E-state index in [0.717, 1.165) is 0 Å². The van der Waals surface area contributed by atoms with Crippen LogP contribution in [0.4, 0.5) is 17.5 Å². The van der Waals surface area contributed by atoms with Crippen molar-refractivity contribution in [3.05, 3.63) is 77.5 Å². The number of carbonyl (C=O) groups excluding carboxylic acids is 2. The van der Waals surface area contributed by atoms with Crippen molar-refractivity contribution in [2.24, 2.45) is 0 Å². The molecule has 9 nitrogen and oxygen atoms in total. The van der Waals surface area contributed by atoms with Crippen LogP contribution in [0.2, 0.25) is 0 Å². The average molecular weight is 476 g/mol. The van der Waals surface area contributed by atoms with Crippen molar-refractivity contribution in [1.82, 2.24) is 9.97 Å². The van der Waals surface area contributed by atoms with Crippen LogP contribution >= 0.6 is 0 Å². The number of amides is 1. The van der Waals surface area contributed by atoms with E-state index in [9.17, 15) is 9.59 Å².